The second-order valence-corrected chi connectivity index (χ2v) is 7.28. The van der Waals surface area contributed by atoms with Crippen LogP contribution in [-0.4, -0.2) is 43.5 Å². The van der Waals surface area contributed by atoms with Gasteiger partial charge in [0.25, 0.3) is 0 Å². The average Bonchev–Trinajstić information content (AvgIpc) is 3.17. The molecule has 0 radical (unpaired) electrons. The molecule has 8 heteroatoms. The summed E-state index contributed by atoms with van der Waals surface area (Å²) in [7, 11) is 0. The molecule has 0 bridgehead atoms. The van der Waals surface area contributed by atoms with E-state index in [4.69, 9.17) is 0 Å². The van der Waals surface area contributed by atoms with Gasteiger partial charge in [0, 0.05) is 12.2 Å². The van der Waals surface area contributed by atoms with Gasteiger partial charge in [0.2, 0.25) is 0 Å². The van der Waals surface area contributed by atoms with Crippen LogP contribution in [0.4, 0.5) is 10.5 Å². The standard InChI is InChI=1S/C17H24N6O2/c1-12-13(6-4-7-14(12)23-11-19-21-22-23)20-15(24)18-10-17(25)9-5-8-16(17,2)3/h4,6-7,11,25H,5,8-10H2,1-3H3,(H2,18,20,24). The Hall–Kier alpha value is -2.48. The summed E-state index contributed by atoms with van der Waals surface area (Å²) in [6, 6.07) is 5.18. The van der Waals surface area contributed by atoms with E-state index in [2.05, 4.69) is 26.2 Å². The number of hydrogen-bond donors (Lipinski definition) is 3. The Bertz CT molecular complexity index is 759. The fourth-order valence-corrected chi connectivity index (χ4v) is 3.39. The van der Waals surface area contributed by atoms with Gasteiger partial charge < -0.3 is 15.7 Å². The first kappa shape index (κ1) is 17.3. The number of nitrogens with zero attached hydrogens (tertiary/aromatic N) is 4. The zero-order valence-electron chi connectivity index (χ0n) is 14.8. The van der Waals surface area contributed by atoms with Crippen LogP contribution in [0.1, 0.15) is 38.7 Å². The molecule has 25 heavy (non-hydrogen) atoms. The molecule has 1 aliphatic rings. The first-order valence-electron chi connectivity index (χ1n) is 8.43. The molecule has 1 saturated carbocycles. The lowest BCUT2D eigenvalue weighted by Crippen LogP contribution is -2.50. The normalized spacial score (nSPS) is 21.9. The van der Waals surface area contributed by atoms with Crippen LogP contribution >= 0.6 is 0 Å². The molecule has 2 aromatic rings. The maximum absolute atomic E-state index is 12.3. The number of amides is 2. The second kappa shape index (κ2) is 6.44. The molecule has 1 aliphatic carbocycles. The van der Waals surface area contributed by atoms with Crippen LogP contribution in [0.3, 0.4) is 0 Å². The summed E-state index contributed by atoms with van der Waals surface area (Å²) in [6.07, 6.45) is 4.14. The van der Waals surface area contributed by atoms with Crippen molar-refractivity contribution in [1.29, 1.82) is 0 Å². The van der Waals surface area contributed by atoms with Crippen molar-refractivity contribution in [1.82, 2.24) is 25.5 Å². The van der Waals surface area contributed by atoms with Crippen molar-refractivity contribution >= 4 is 11.7 Å². The van der Waals surface area contributed by atoms with E-state index in [1.807, 2.05) is 39.0 Å². The minimum Gasteiger partial charge on any atom is -0.387 e. The molecule has 3 N–H and O–H groups in total. The van der Waals surface area contributed by atoms with E-state index in [0.29, 0.717) is 12.1 Å². The summed E-state index contributed by atoms with van der Waals surface area (Å²) >= 11 is 0. The molecule has 0 spiro atoms. The van der Waals surface area contributed by atoms with Crippen molar-refractivity contribution in [3.05, 3.63) is 30.1 Å². The lowest BCUT2D eigenvalue weighted by Gasteiger charge is -2.36. The summed E-state index contributed by atoms with van der Waals surface area (Å²) in [4.78, 5) is 12.3. The lowest BCUT2D eigenvalue weighted by atomic mass is 9.78. The van der Waals surface area contributed by atoms with Crippen molar-refractivity contribution in [3.63, 3.8) is 0 Å². The molecule has 1 aromatic carbocycles. The quantitative estimate of drug-likeness (QED) is 0.787. The van der Waals surface area contributed by atoms with Crippen LogP contribution in [0, 0.1) is 12.3 Å². The molecule has 1 aromatic heterocycles. The summed E-state index contributed by atoms with van der Waals surface area (Å²) in [5, 5.41) is 27.6. The number of carbonyl (C=O) groups excluding carboxylic acids is 1. The van der Waals surface area contributed by atoms with Crippen molar-refractivity contribution in [2.45, 2.75) is 45.6 Å². The maximum Gasteiger partial charge on any atom is 0.319 e. The predicted octanol–water partition coefficient (Wildman–Crippen LogP) is 2.03. The summed E-state index contributed by atoms with van der Waals surface area (Å²) in [5.74, 6) is 0. The molecule has 8 nitrogen and oxygen atoms in total. The van der Waals surface area contributed by atoms with Crippen LogP contribution in [0.5, 0.6) is 0 Å². The average molecular weight is 344 g/mol. The minimum absolute atomic E-state index is 0.198. The molecule has 1 heterocycles. The predicted molar refractivity (Wildman–Crippen MR) is 93.5 cm³/mol. The van der Waals surface area contributed by atoms with Gasteiger partial charge in [-0.2, -0.15) is 0 Å². The van der Waals surface area contributed by atoms with Crippen molar-refractivity contribution in [2.24, 2.45) is 5.41 Å². The van der Waals surface area contributed by atoms with Gasteiger partial charge in [-0.1, -0.05) is 19.9 Å². The van der Waals surface area contributed by atoms with Gasteiger partial charge in [-0.05, 0) is 59.7 Å². The summed E-state index contributed by atoms with van der Waals surface area (Å²) < 4.78 is 1.54. The van der Waals surface area contributed by atoms with E-state index in [9.17, 15) is 9.90 Å². The number of nitrogens with one attached hydrogen (secondary N) is 2. The molecule has 0 aliphatic heterocycles. The number of aliphatic hydroxyl groups is 1. The number of rotatable bonds is 4. The van der Waals surface area contributed by atoms with E-state index in [1.165, 1.54) is 6.33 Å². The first-order valence-corrected chi connectivity index (χ1v) is 8.43. The van der Waals surface area contributed by atoms with Gasteiger partial charge in [0.05, 0.1) is 11.3 Å². The number of carbonyl (C=O) groups is 1. The molecule has 0 saturated heterocycles. The van der Waals surface area contributed by atoms with E-state index < -0.39 is 5.60 Å². The van der Waals surface area contributed by atoms with Crippen LogP contribution in [0.15, 0.2) is 24.5 Å². The third-order valence-electron chi connectivity index (χ3n) is 5.34. The maximum atomic E-state index is 12.3. The van der Waals surface area contributed by atoms with E-state index in [1.54, 1.807) is 4.68 Å². The van der Waals surface area contributed by atoms with Crippen LogP contribution in [-0.2, 0) is 0 Å². The highest BCUT2D eigenvalue weighted by molar-refractivity contribution is 5.90. The Morgan fingerprint density at radius 3 is 2.80 bits per heavy atom. The summed E-state index contributed by atoms with van der Waals surface area (Å²) in [5.41, 5.74) is 1.25. The number of tetrazole rings is 1. The Morgan fingerprint density at radius 2 is 2.16 bits per heavy atom. The molecule has 1 fully saturated rings. The van der Waals surface area contributed by atoms with Gasteiger partial charge in [-0.25, -0.2) is 9.48 Å². The second-order valence-electron chi connectivity index (χ2n) is 7.28. The Kier molecular flexibility index (Phi) is 4.47. The zero-order chi connectivity index (χ0) is 18.1. The van der Waals surface area contributed by atoms with Crippen LogP contribution < -0.4 is 10.6 Å². The molecular formula is C17H24N6O2. The zero-order valence-corrected chi connectivity index (χ0v) is 14.8. The summed E-state index contributed by atoms with van der Waals surface area (Å²) in [6.45, 7) is 6.20. The van der Waals surface area contributed by atoms with E-state index in [0.717, 1.165) is 24.1 Å². The van der Waals surface area contributed by atoms with Crippen LogP contribution in [0.2, 0.25) is 0 Å². The number of anilines is 1. The highest BCUT2D eigenvalue weighted by Gasteiger charge is 2.47. The number of hydrogen-bond acceptors (Lipinski definition) is 5. The Labute approximate surface area is 146 Å². The fourth-order valence-electron chi connectivity index (χ4n) is 3.39. The topological polar surface area (TPSA) is 105 Å². The van der Waals surface area contributed by atoms with Crippen LogP contribution in [0.25, 0.3) is 5.69 Å². The highest BCUT2D eigenvalue weighted by atomic mass is 16.3. The fraction of sp³-hybridized carbons (Fsp3) is 0.529. The smallest absolute Gasteiger partial charge is 0.319 e. The van der Waals surface area contributed by atoms with Gasteiger partial charge in [-0.3, -0.25) is 0 Å². The first-order chi connectivity index (χ1) is 11.8. The minimum atomic E-state index is -0.867. The molecule has 3 rings (SSSR count). The number of aromatic nitrogens is 4. The van der Waals surface area contributed by atoms with Crippen molar-refractivity contribution in [2.75, 3.05) is 11.9 Å². The lowest BCUT2D eigenvalue weighted by molar-refractivity contribution is -0.0383. The molecule has 134 valence electrons. The highest BCUT2D eigenvalue weighted by Crippen LogP contribution is 2.45. The van der Waals surface area contributed by atoms with E-state index in [-0.39, 0.29) is 18.0 Å². The largest absolute Gasteiger partial charge is 0.387 e. The van der Waals surface area contributed by atoms with Gasteiger partial charge in [0.1, 0.15) is 6.33 Å². The molecule has 2 amide bonds. The molecule has 1 unspecified atom stereocenters. The Balaban J connectivity index is 1.67. The third kappa shape index (κ3) is 3.34. The molecule has 1 atom stereocenters. The Morgan fingerprint density at radius 1 is 1.36 bits per heavy atom. The number of urea groups is 1. The van der Waals surface area contributed by atoms with Crippen molar-refractivity contribution < 1.29 is 9.90 Å². The van der Waals surface area contributed by atoms with Crippen molar-refractivity contribution in [3.8, 4) is 5.69 Å². The van der Waals surface area contributed by atoms with Gasteiger partial charge in [-0.15, -0.1) is 5.10 Å². The monoisotopic (exact) mass is 344 g/mol. The van der Waals surface area contributed by atoms with E-state index >= 15 is 0 Å². The SMILES string of the molecule is Cc1c(NC(=O)NCC2(O)CCCC2(C)C)cccc1-n1cnnn1. The molecular weight excluding hydrogens is 320 g/mol. The number of benzene rings is 1. The van der Waals surface area contributed by atoms with Gasteiger partial charge in [0.15, 0.2) is 0 Å². The third-order valence-corrected chi connectivity index (χ3v) is 5.34. The van der Waals surface area contributed by atoms with Gasteiger partial charge >= 0.3 is 6.03 Å².